The van der Waals surface area contributed by atoms with E-state index in [1.54, 1.807) is 19.2 Å². The normalized spacial score (nSPS) is 11.9. The van der Waals surface area contributed by atoms with E-state index in [-0.39, 0.29) is 16.4 Å². The summed E-state index contributed by atoms with van der Waals surface area (Å²) in [5.41, 5.74) is 1.94. The van der Waals surface area contributed by atoms with Gasteiger partial charge in [-0.3, -0.25) is 9.78 Å². The van der Waals surface area contributed by atoms with E-state index in [2.05, 4.69) is 15.0 Å². The fourth-order valence-corrected chi connectivity index (χ4v) is 4.26. The molecule has 4 rings (SSSR count). The molecule has 0 spiro atoms. The number of carbonyl (C=O) groups is 1. The maximum absolute atomic E-state index is 12.5. The lowest BCUT2D eigenvalue weighted by Gasteiger charge is -2.02. The number of hydrogen-bond acceptors (Lipinski definition) is 6. The minimum absolute atomic E-state index is 0.239. The van der Waals surface area contributed by atoms with Crippen LogP contribution in [0.5, 0.6) is 0 Å². The van der Waals surface area contributed by atoms with Gasteiger partial charge in [-0.2, -0.15) is 0 Å². The van der Waals surface area contributed by atoms with Gasteiger partial charge in [-0.15, -0.1) is 11.3 Å². The van der Waals surface area contributed by atoms with E-state index >= 15 is 0 Å². The second-order valence-electron chi connectivity index (χ2n) is 6.09. The first kappa shape index (κ1) is 18.3. The highest BCUT2D eigenvalue weighted by Gasteiger charge is 2.20. The monoisotopic (exact) mass is 411 g/mol. The highest BCUT2D eigenvalue weighted by Crippen LogP contribution is 2.29. The Hall–Kier alpha value is -3.03. The standard InChI is InChI=1S/C20H14ClN3O3S/c1-10-15-18(25)23-17(24-19(15)28-16(10)20(26)27-2)13(21)9-11-5-6-14-12(8-11)4-3-7-22-14/h3-9H,1-2H3,(H,23,24,25)/b13-9-. The first-order valence-electron chi connectivity index (χ1n) is 8.32. The molecule has 3 heterocycles. The van der Waals surface area contributed by atoms with Gasteiger partial charge in [0.05, 0.1) is 23.0 Å². The molecule has 3 aromatic heterocycles. The van der Waals surface area contributed by atoms with Crippen LogP contribution >= 0.6 is 22.9 Å². The lowest BCUT2D eigenvalue weighted by atomic mass is 10.1. The maximum Gasteiger partial charge on any atom is 0.348 e. The molecule has 0 saturated heterocycles. The average molecular weight is 412 g/mol. The smallest absolute Gasteiger partial charge is 0.348 e. The van der Waals surface area contributed by atoms with E-state index in [4.69, 9.17) is 16.3 Å². The van der Waals surface area contributed by atoms with Crippen LogP contribution in [0.2, 0.25) is 0 Å². The van der Waals surface area contributed by atoms with Crippen LogP contribution in [0.3, 0.4) is 0 Å². The molecule has 1 aromatic carbocycles. The summed E-state index contributed by atoms with van der Waals surface area (Å²) in [4.78, 5) is 36.6. The number of nitrogens with one attached hydrogen (secondary N) is 1. The second kappa shape index (κ2) is 7.18. The number of esters is 1. The summed E-state index contributed by atoms with van der Waals surface area (Å²) in [5.74, 6) is -0.254. The summed E-state index contributed by atoms with van der Waals surface area (Å²) in [5, 5.41) is 1.64. The number of aryl methyl sites for hydroxylation is 1. The number of aromatic nitrogens is 3. The Morgan fingerprint density at radius 1 is 1.32 bits per heavy atom. The maximum atomic E-state index is 12.5. The number of pyridine rings is 1. The molecule has 6 nitrogen and oxygen atoms in total. The molecule has 0 unspecified atom stereocenters. The summed E-state index contributed by atoms with van der Waals surface area (Å²) in [6.07, 6.45) is 3.46. The third kappa shape index (κ3) is 3.19. The Morgan fingerprint density at radius 2 is 2.14 bits per heavy atom. The molecule has 1 N–H and O–H groups in total. The number of thiophene rings is 1. The third-order valence-electron chi connectivity index (χ3n) is 4.32. The molecule has 0 aliphatic rings. The van der Waals surface area contributed by atoms with Crippen molar-refractivity contribution in [3.8, 4) is 0 Å². The molecule has 28 heavy (non-hydrogen) atoms. The van der Waals surface area contributed by atoms with Gasteiger partial charge in [0.15, 0.2) is 5.82 Å². The number of fused-ring (bicyclic) bond motifs is 2. The highest BCUT2D eigenvalue weighted by molar-refractivity contribution is 7.20. The summed E-state index contributed by atoms with van der Waals surface area (Å²) < 4.78 is 4.77. The van der Waals surface area contributed by atoms with Gasteiger partial charge in [0.25, 0.3) is 5.56 Å². The first-order chi connectivity index (χ1) is 13.5. The molecule has 0 aliphatic carbocycles. The molecule has 0 radical (unpaired) electrons. The van der Waals surface area contributed by atoms with E-state index < -0.39 is 5.97 Å². The van der Waals surface area contributed by atoms with Gasteiger partial charge in [-0.05, 0) is 42.3 Å². The van der Waals surface area contributed by atoms with Crippen molar-refractivity contribution in [2.24, 2.45) is 0 Å². The number of nitrogens with zero attached hydrogens (tertiary/aromatic N) is 2. The molecule has 0 amide bonds. The summed E-state index contributed by atoms with van der Waals surface area (Å²) in [6.45, 7) is 1.70. The van der Waals surface area contributed by atoms with Crippen molar-refractivity contribution in [3.05, 3.63) is 68.7 Å². The van der Waals surface area contributed by atoms with E-state index in [1.165, 1.54) is 7.11 Å². The second-order valence-corrected chi connectivity index (χ2v) is 7.50. The van der Waals surface area contributed by atoms with Crippen LogP contribution in [0.1, 0.15) is 26.6 Å². The quantitative estimate of drug-likeness (QED) is 0.506. The van der Waals surface area contributed by atoms with Crippen LogP contribution in [-0.2, 0) is 4.74 Å². The zero-order valence-electron chi connectivity index (χ0n) is 14.9. The number of H-pyrrole nitrogens is 1. The lowest BCUT2D eigenvalue weighted by Crippen LogP contribution is -2.10. The fraction of sp³-hybridized carbons (Fsp3) is 0.100. The number of ether oxygens (including phenoxy) is 1. The highest BCUT2D eigenvalue weighted by atomic mass is 35.5. The minimum atomic E-state index is -0.493. The van der Waals surface area contributed by atoms with Crippen molar-refractivity contribution >= 4 is 61.1 Å². The van der Waals surface area contributed by atoms with Gasteiger partial charge in [0.2, 0.25) is 0 Å². The number of hydrogen-bond donors (Lipinski definition) is 1. The molecule has 140 valence electrons. The van der Waals surface area contributed by atoms with Crippen LogP contribution < -0.4 is 5.56 Å². The molecular weight excluding hydrogens is 398 g/mol. The van der Waals surface area contributed by atoms with Crippen molar-refractivity contribution in [1.82, 2.24) is 15.0 Å². The molecule has 0 fully saturated rings. The SMILES string of the molecule is COC(=O)c1sc2nc(/C(Cl)=C/c3ccc4ncccc4c3)[nH]c(=O)c2c1C. The van der Waals surface area contributed by atoms with Crippen molar-refractivity contribution in [1.29, 1.82) is 0 Å². The Balaban J connectivity index is 1.80. The van der Waals surface area contributed by atoms with Gasteiger partial charge in [0, 0.05) is 11.6 Å². The zero-order valence-corrected chi connectivity index (χ0v) is 16.5. The van der Waals surface area contributed by atoms with E-state index in [0.29, 0.717) is 20.7 Å². The number of benzene rings is 1. The molecular formula is C20H14ClN3O3S. The third-order valence-corrected chi connectivity index (χ3v) is 5.77. The molecule has 0 saturated carbocycles. The minimum Gasteiger partial charge on any atom is -0.465 e. The van der Waals surface area contributed by atoms with Crippen LogP contribution in [0.15, 0.2) is 41.3 Å². The molecule has 4 aromatic rings. The lowest BCUT2D eigenvalue weighted by molar-refractivity contribution is 0.0605. The van der Waals surface area contributed by atoms with Gasteiger partial charge < -0.3 is 9.72 Å². The number of halogens is 1. The topological polar surface area (TPSA) is 84.9 Å². The summed E-state index contributed by atoms with van der Waals surface area (Å²) >= 11 is 7.54. The zero-order chi connectivity index (χ0) is 19.8. The van der Waals surface area contributed by atoms with Gasteiger partial charge in [-0.25, -0.2) is 9.78 Å². The number of rotatable bonds is 3. The average Bonchev–Trinajstić information content (AvgIpc) is 3.04. The van der Waals surface area contributed by atoms with Crippen molar-refractivity contribution < 1.29 is 9.53 Å². The van der Waals surface area contributed by atoms with Crippen molar-refractivity contribution in [2.75, 3.05) is 7.11 Å². The van der Waals surface area contributed by atoms with Crippen LogP contribution in [-0.4, -0.2) is 28.0 Å². The molecule has 0 aliphatic heterocycles. The Labute approximate surface area is 168 Å². The van der Waals surface area contributed by atoms with Crippen LogP contribution in [0.25, 0.3) is 32.2 Å². The first-order valence-corrected chi connectivity index (χ1v) is 9.51. The Kier molecular flexibility index (Phi) is 4.70. The predicted octanol–water partition coefficient (Wildman–Crippen LogP) is 4.36. The van der Waals surface area contributed by atoms with Crippen molar-refractivity contribution in [2.45, 2.75) is 6.92 Å². The molecule has 8 heteroatoms. The number of aromatic amines is 1. The van der Waals surface area contributed by atoms with E-state index in [1.807, 2.05) is 30.3 Å². The fourth-order valence-electron chi connectivity index (χ4n) is 2.94. The molecule has 0 bridgehead atoms. The predicted molar refractivity (Wildman–Crippen MR) is 112 cm³/mol. The number of methoxy groups -OCH3 is 1. The van der Waals surface area contributed by atoms with Crippen LogP contribution in [0.4, 0.5) is 0 Å². The van der Waals surface area contributed by atoms with Gasteiger partial charge in [0.1, 0.15) is 9.71 Å². The Bertz CT molecular complexity index is 1320. The van der Waals surface area contributed by atoms with Gasteiger partial charge >= 0.3 is 5.97 Å². The Morgan fingerprint density at radius 3 is 2.93 bits per heavy atom. The largest absolute Gasteiger partial charge is 0.465 e. The van der Waals surface area contributed by atoms with Crippen LogP contribution in [0, 0.1) is 6.92 Å². The summed E-state index contributed by atoms with van der Waals surface area (Å²) in [7, 11) is 1.30. The number of carbonyl (C=O) groups excluding carboxylic acids is 1. The van der Waals surface area contributed by atoms with E-state index in [9.17, 15) is 9.59 Å². The molecule has 0 atom stereocenters. The van der Waals surface area contributed by atoms with E-state index in [0.717, 1.165) is 27.8 Å². The van der Waals surface area contributed by atoms with Crippen molar-refractivity contribution in [3.63, 3.8) is 0 Å². The summed E-state index contributed by atoms with van der Waals surface area (Å²) in [6, 6.07) is 9.56. The van der Waals surface area contributed by atoms with Gasteiger partial charge in [-0.1, -0.05) is 23.7 Å².